The minimum absolute atomic E-state index is 0. The minimum atomic E-state index is -0.332. The number of amides is 2. The molecule has 0 aromatic heterocycles. The number of nitrogens with one attached hydrogen (secondary N) is 3. The van der Waals surface area contributed by atoms with E-state index in [4.69, 9.17) is 0 Å². The molecule has 1 unspecified atom stereocenters. The second-order valence-electron chi connectivity index (χ2n) is 5.44. The number of carbonyl (C=O) groups excluding carboxylic acids is 2. The maximum atomic E-state index is 11.8. The lowest BCUT2D eigenvalue weighted by molar-refractivity contribution is -0.133. The van der Waals surface area contributed by atoms with Crippen molar-refractivity contribution in [2.45, 2.75) is 18.9 Å². The number of rotatable bonds is 3. The standard InChI is InChI=1S/C15H20N4O2.ClH/c20-14-5-4-13(15(21)18-14)17-11-2-1-3-12(10-11)19-8-6-16-7-9-19;/h1-3,10,13,16-17H,4-9H2,(H,18,20,21);1H. The first-order chi connectivity index (χ1) is 10.2. The van der Waals surface area contributed by atoms with E-state index in [0.29, 0.717) is 12.8 Å². The summed E-state index contributed by atoms with van der Waals surface area (Å²) in [6.07, 6.45) is 0.934. The molecule has 2 amide bonds. The number of hydrogen-bond donors (Lipinski definition) is 3. The van der Waals surface area contributed by atoms with Crippen LogP contribution in [0.3, 0.4) is 0 Å². The minimum Gasteiger partial charge on any atom is -0.374 e. The van der Waals surface area contributed by atoms with Gasteiger partial charge in [-0.2, -0.15) is 0 Å². The summed E-state index contributed by atoms with van der Waals surface area (Å²) in [6, 6.07) is 7.76. The van der Waals surface area contributed by atoms with Crippen molar-refractivity contribution in [1.82, 2.24) is 10.6 Å². The number of anilines is 2. The molecule has 7 heteroatoms. The Morgan fingerprint density at radius 1 is 1.18 bits per heavy atom. The fourth-order valence-electron chi connectivity index (χ4n) is 2.75. The number of nitrogens with zero attached hydrogens (tertiary/aromatic N) is 1. The van der Waals surface area contributed by atoms with Crippen LogP contribution in [0.4, 0.5) is 11.4 Å². The van der Waals surface area contributed by atoms with E-state index in [1.165, 1.54) is 0 Å². The molecule has 2 fully saturated rings. The predicted octanol–water partition coefficient (Wildman–Crippen LogP) is 0.735. The van der Waals surface area contributed by atoms with Gasteiger partial charge in [0.25, 0.3) is 0 Å². The molecular weight excluding hydrogens is 304 g/mol. The van der Waals surface area contributed by atoms with Crippen LogP contribution in [0.15, 0.2) is 24.3 Å². The van der Waals surface area contributed by atoms with Crippen LogP contribution in [0.2, 0.25) is 0 Å². The summed E-state index contributed by atoms with van der Waals surface area (Å²) >= 11 is 0. The number of imide groups is 1. The topological polar surface area (TPSA) is 73.5 Å². The van der Waals surface area contributed by atoms with Crippen molar-refractivity contribution >= 4 is 35.6 Å². The average Bonchev–Trinajstić information content (AvgIpc) is 2.51. The monoisotopic (exact) mass is 324 g/mol. The highest BCUT2D eigenvalue weighted by Crippen LogP contribution is 2.21. The van der Waals surface area contributed by atoms with Gasteiger partial charge < -0.3 is 15.5 Å². The lowest BCUT2D eigenvalue weighted by Gasteiger charge is -2.30. The first-order valence-corrected chi connectivity index (χ1v) is 7.38. The highest BCUT2D eigenvalue weighted by atomic mass is 35.5. The first-order valence-electron chi connectivity index (χ1n) is 7.38. The van der Waals surface area contributed by atoms with Crippen LogP contribution in [-0.2, 0) is 9.59 Å². The third kappa shape index (κ3) is 3.90. The molecule has 2 aliphatic rings. The number of halogens is 1. The first kappa shape index (κ1) is 16.6. The van der Waals surface area contributed by atoms with Crippen LogP contribution in [0, 0.1) is 0 Å². The molecule has 1 aromatic carbocycles. The maximum absolute atomic E-state index is 11.8. The third-order valence-corrected chi connectivity index (χ3v) is 3.91. The van der Waals surface area contributed by atoms with Crippen molar-refractivity contribution in [2.24, 2.45) is 0 Å². The SMILES string of the molecule is Cl.O=C1CCC(Nc2cccc(N3CCNCC3)c2)C(=O)N1. The fraction of sp³-hybridized carbons (Fsp3) is 0.467. The summed E-state index contributed by atoms with van der Waals surface area (Å²) in [5, 5.41) is 8.93. The number of carbonyl (C=O) groups is 2. The molecule has 2 aliphatic heterocycles. The number of benzene rings is 1. The van der Waals surface area contributed by atoms with Crippen LogP contribution < -0.4 is 20.9 Å². The second-order valence-corrected chi connectivity index (χ2v) is 5.44. The van der Waals surface area contributed by atoms with Gasteiger partial charge in [0.15, 0.2) is 0 Å². The Bertz CT molecular complexity index is 546. The molecule has 3 N–H and O–H groups in total. The molecule has 22 heavy (non-hydrogen) atoms. The Labute approximate surface area is 136 Å². The predicted molar refractivity (Wildman–Crippen MR) is 88.6 cm³/mol. The number of piperazine rings is 1. The molecule has 2 saturated heterocycles. The van der Waals surface area contributed by atoms with Crippen LogP contribution in [-0.4, -0.2) is 44.0 Å². The largest absolute Gasteiger partial charge is 0.374 e. The van der Waals surface area contributed by atoms with Gasteiger partial charge in [-0.15, -0.1) is 12.4 Å². The van der Waals surface area contributed by atoms with Crippen LogP contribution in [0.5, 0.6) is 0 Å². The molecule has 0 saturated carbocycles. The zero-order chi connectivity index (χ0) is 14.7. The lowest BCUT2D eigenvalue weighted by atomic mass is 10.1. The smallest absolute Gasteiger partial charge is 0.249 e. The second kappa shape index (κ2) is 7.47. The molecule has 1 atom stereocenters. The summed E-state index contributed by atoms with van der Waals surface area (Å²) < 4.78 is 0. The quantitative estimate of drug-likeness (QED) is 0.715. The van der Waals surface area contributed by atoms with Gasteiger partial charge in [0.1, 0.15) is 6.04 Å². The Hall–Kier alpha value is -1.79. The molecule has 3 rings (SSSR count). The summed E-state index contributed by atoms with van der Waals surface area (Å²) in [7, 11) is 0. The average molecular weight is 325 g/mol. The molecule has 2 heterocycles. The van der Waals surface area contributed by atoms with Crippen molar-refractivity contribution < 1.29 is 9.59 Å². The van der Waals surface area contributed by atoms with Crippen LogP contribution in [0.25, 0.3) is 0 Å². The van der Waals surface area contributed by atoms with E-state index in [1.807, 2.05) is 12.1 Å². The Balaban J connectivity index is 0.00000176. The number of piperidine rings is 1. The van der Waals surface area contributed by atoms with Gasteiger partial charge in [-0.3, -0.25) is 14.9 Å². The molecular formula is C15H21ClN4O2. The van der Waals surface area contributed by atoms with Crippen molar-refractivity contribution in [1.29, 1.82) is 0 Å². The van der Waals surface area contributed by atoms with E-state index in [0.717, 1.165) is 37.6 Å². The zero-order valence-electron chi connectivity index (χ0n) is 12.3. The molecule has 0 bridgehead atoms. The molecule has 1 aromatic rings. The fourth-order valence-corrected chi connectivity index (χ4v) is 2.75. The van der Waals surface area contributed by atoms with E-state index in [2.05, 4.69) is 33.0 Å². The van der Waals surface area contributed by atoms with E-state index in [1.54, 1.807) is 0 Å². The van der Waals surface area contributed by atoms with Crippen molar-refractivity contribution in [3.8, 4) is 0 Å². The summed E-state index contributed by atoms with van der Waals surface area (Å²) in [4.78, 5) is 25.3. The van der Waals surface area contributed by atoms with Crippen molar-refractivity contribution in [2.75, 3.05) is 36.4 Å². The van der Waals surface area contributed by atoms with Gasteiger partial charge in [0.2, 0.25) is 11.8 Å². The Kier molecular flexibility index (Phi) is 5.63. The zero-order valence-corrected chi connectivity index (χ0v) is 13.1. The highest BCUT2D eigenvalue weighted by molar-refractivity contribution is 6.01. The highest BCUT2D eigenvalue weighted by Gasteiger charge is 2.26. The third-order valence-electron chi connectivity index (χ3n) is 3.91. The van der Waals surface area contributed by atoms with E-state index < -0.39 is 0 Å². The van der Waals surface area contributed by atoms with Crippen LogP contribution in [0.1, 0.15) is 12.8 Å². The Morgan fingerprint density at radius 2 is 1.95 bits per heavy atom. The van der Waals surface area contributed by atoms with Gasteiger partial charge in [0.05, 0.1) is 0 Å². The van der Waals surface area contributed by atoms with E-state index in [-0.39, 0.29) is 30.3 Å². The van der Waals surface area contributed by atoms with E-state index in [9.17, 15) is 9.59 Å². The van der Waals surface area contributed by atoms with Gasteiger partial charge in [-0.1, -0.05) is 6.07 Å². The summed E-state index contributed by atoms with van der Waals surface area (Å²) in [6.45, 7) is 3.96. The van der Waals surface area contributed by atoms with Crippen molar-refractivity contribution in [3.63, 3.8) is 0 Å². The van der Waals surface area contributed by atoms with Gasteiger partial charge in [-0.25, -0.2) is 0 Å². The molecule has 0 radical (unpaired) electrons. The van der Waals surface area contributed by atoms with E-state index >= 15 is 0 Å². The summed E-state index contributed by atoms with van der Waals surface area (Å²) in [5.74, 6) is -0.425. The summed E-state index contributed by atoms with van der Waals surface area (Å²) in [5.41, 5.74) is 2.08. The number of hydrogen-bond acceptors (Lipinski definition) is 5. The molecule has 120 valence electrons. The Morgan fingerprint density at radius 3 is 2.68 bits per heavy atom. The normalized spacial score (nSPS) is 21.8. The molecule has 0 spiro atoms. The van der Waals surface area contributed by atoms with Gasteiger partial charge in [0, 0.05) is 44.0 Å². The molecule has 6 nitrogen and oxygen atoms in total. The lowest BCUT2D eigenvalue weighted by Crippen LogP contribution is -2.47. The maximum Gasteiger partial charge on any atom is 0.249 e. The molecule has 0 aliphatic carbocycles. The van der Waals surface area contributed by atoms with Gasteiger partial charge >= 0.3 is 0 Å². The van der Waals surface area contributed by atoms with Crippen LogP contribution >= 0.6 is 12.4 Å². The van der Waals surface area contributed by atoms with Crippen molar-refractivity contribution in [3.05, 3.63) is 24.3 Å². The van der Waals surface area contributed by atoms with Gasteiger partial charge in [-0.05, 0) is 24.6 Å².